The van der Waals surface area contributed by atoms with Crippen LogP contribution in [0.3, 0.4) is 0 Å². The van der Waals surface area contributed by atoms with Crippen LogP contribution in [0.15, 0.2) is 138 Å². The molecule has 0 fully saturated rings. The van der Waals surface area contributed by atoms with Crippen LogP contribution in [0.4, 0.5) is 15.2 Å². The molecule has 238 valence electrons. The van der Waals surface area contributed by atoms with E-state index in [0.717, 1.165) is 21.3 Å². The lowest BCUT2D eigenvalue weighted by atomic mass is 10.1. The molecule has 0 aliphatic rings. The molecule has 1 unspecified atom stereocenters. The third-order valence-electron chi connectivity index (χ3n) is 7.19. The van der Waals surface area contributed by atoms with Gasteiger partial charge in [0.15, 0.2) is 5.13 Å². The normalized spacial score (nSPS) is 11.9. The fraction of sp³-hybridized carbons (Fsp3) is 0.0526. The fourth-order valence-electron chi connectivity index (χ4n) is 4.83. The Balaban J connectivity index is 1.23. The first kappa shape index (κ1) is 32.4. The molecule has 0 radical (unpaired) electrons. The zero-order valence-electron chi connectivity index (χ0n) is 25.6. The van der Waals surface area contributed by atoms with Gasteiger partial charge in [0.25, 0.3) is 11.8 Å². The smallest absolute Gasteiger partial charge is 0.272 e. The second kappa shape index (κ2) is 14.9. The number of hydrogen-bond acceptors (Lipinski definition) is 6. The van der Waals surface area contributed by atoms with Gasteiger partial charge < -0.3 is 16.0 Å². The summed E-state index contributed by atoms with van der Waals surface area (Å²) in [5.41, 5.74) is 3.49. The summed E-state index contributed by atoms with van der Waals surface area (Å²) in [7, 11) is 0. The van der Waals surface area contributed by atoms with Gasteiger partial charge in [-0.05, 0) is 72.7 Å². The molecular weight excluding hydrogens is 644 g/mol. The van der Waals surface area contributed by atoms with Crippen molar-refractivity contribution in [1.29, 1.82) is 0 Å². The number of anilines is 2. The highest BCUT2D eigenvalue weighted by atomic mass is 32.2. The van der Waals surface area contributed by atoms with E-state index >= 15 is 0 Å². The Morgan fingerprint density at radius 3 is 2.31 bits per heavy atom. The van der Waals surface area contributed by atoms with Crippen LogP contribution in [-0.2, 0) is 9.59 Å². The molecule has 1 atom stereocenters. The average Bonchev–Trinajstić information content (AvgIpc) is 3.49. The number of thiazole rings is 1. The SMILES string of the molecule is Cc1ccc2nc(NC(=O)C(Sc3cccc(NC(=O)/C(=C/c4ccccc4F)NC(=O)c4ccccc4)c3)c3ccccc3)sc2c1. The van der Waals surface area contributed by atoms with E-state index in [1.165, 1.54) is 41.3 Å². The summed E-state index contributed by atoms with van der Waals surface area (Å²) in [6.45, 7) is 2.01. The standard InChI is InChI=1S/C38H29FN4O3S2/c1-24-19-20-31-33(21-24)48-38(42-31)43-37(46)34(25-11-4-2-5-12-25)47-29-17-10-16-28(23-29)40-36(45)32(22-27-15-8-9-18-30(27)39)41-35(44)26-13-6-3-7-14-26/h2-23,34H,1H3,(H,40,45)(H,41,44)(H,42,43,46)/b32-22-. The molecule has 0 saturated carbocycles. The minimum atomic E-state index is -0.645. The first-order valence-electron chi connectivity index (χ1n) is 15.0. The number of aromatic nitrogens is 1. The van der Waals surface area contributed by atoms with Gasteiger partial charge in [0, 0.05) is 21.7 Å². The molecule has 0 saturated heterocycles. The molecular formula is C38H29FN4O3S2. The number of carbonyl (C=O) groups excluding carboxylic acids is 3. The van der Waals surface area contributed by atoms with Crippen LogP contribution in [0.25, 0.3) is 16.3 Å². The van der Waals surface area contributed by atoms with Crippen molar-refractivity contribution in [3.63, 3.8) is 0 Å². The van der Waals surface area contributed by atoms with Gasteiger partial charge in [-0.1, -0.05) is 90.2 Å². The Hall–Kier alpha value is -5.58. The van der Waals surface area contributed by atoms with E-state index in [9.17, 15) is 18.8 Å². The molecule has 0 aliphatic carbocycles. The Bertz CT molecular complexity index is 2130. The molecule has 3 amide bonds. The highest BCUT2D eigenvalue weighted by Crippen LogP contribution is 2.38. The lowest BCUT2D eigenvalue weighted by molar-refractivity contribution is -0.116. The van der Waals surface area contributed by atoms with Crippen molar-refractivity contribution < 1.29 is 18.8 Å². The number of aryl methyl sites for hydroxylation is 1. The largest absolute Gasteiger partial charge is 0.321 e. The molecule has 5 aromatic carbocycles. The second-order valence-corrected chi connectivity index (χ2v) is 13.0. The number of nitrogens with zero attached hydrogens (tertiary/aromatic N) is 1. The summed E-state index contributed by atoms with van der Waals surface area (Å²) in [4.78, 5) is 45.6. The molecule has 7 nitrogen and oxygen atoms in total. The van der Waals surface area contributed by atoms with E-state index < -0.39 is 22.9 Å². The van der Waals surface area contributed by atoms with Gasteiger partial charge in [0.1, 0.15) is 16.8 Å². The zero-order chi connectivity index (χ0) is 33.5. The van der Waals surface area contributed by atoms with Gasteiger partial charge in [0.05, 0.1) is 10.2 Å². The number of carbonyl (C=O) groups is 3. The van der Waals surface area contributed by atoms with Gasteiger partial charge in [-0.3, -0.25) is 14.4 Å². The third kappa shape index (κ3) is 8.03. The fourth-order valence-corrected chi connectivity index (χ4v) is 6.88. The number of nitrogens with one attached hydrogen (secondary N) is 3. The van der Waals surface area contributed by atoms with E-state index in [2.05, 4.69) is 20.9 Å². The van der Waals surface area contributed by atoms with Gasteiger partial charge in [0.2, 0.25) is 5.91 Å². The van der Waals surface area contributed by atoms with Crippen LogP contribution in [0.5, 0.6) is 0 Å². The minimum Gasteiger partial charge on any atom is -0.321 e. The van der Waals surface area contributed by atoms with Crippen LogP contribution in [0, 0.1) is 12.7 Å². The molecule has 6 rings (SSSR count). The van der Waals surface area contributed by atoms with Crippen LogP contribution < -0.4 is 16.0 Å². The number of amides is 3. The molecule has 1 heterocycles. The number of thioether (sulfide) groups is 1. The van der Waals surface area contributed by atoms with Gasteiger partial charge in [-0.25, -0.2) is 9.37 Å². The maximum atomic E-state index is 14.6. The molecule has 0 bridgehead atoms. The van der Waals surface area contributed by atoms with Crippen molar-refractivity contribution in [2.45, 2.75) is 17.1 Å². The molecule has 3 N–H and O–H groups in total. The van der Waals surface area contributed by atoms with E-state index in [-0.39, 0.29) is 17.2 Å². The van der Waals surface area contributed by atoms with Gasteiger partial charge >= 0.3 is 0 Å². The lowest BCUT2D eigenvalue weighted by Gasteiger charge is -2.17. The average molecular weight is 673 g/mol. The van der Waals surface area contributed by atoms with Crippen molar-refractivity contribution >= 4 is 67.9 Å². The number of halogens is 1. The minimum absolute atomic E-state index is 0.139. The summed E-state index contributed by atoms with van der Waals surface area (Å²) in [5, 5.41) is 8.31. The lowest BCUT2D eigenvalue weighted by Crippen LogP contribution is -2.30. The van der Waals surface area contributed by atoms with Crippen molar-refractivity contribution in [2.24, 2.45) is 0 Å². The highest BCUT2D eigenvalue weighted by molar-refractivity contribution is 8.00. The van der Waals surface area contributed by atoms with Crippen LogP contribution in [-0.4, -0.2) is 22.7 Å². The maximum Gasteiger partial charge on any atom is 0.272 e. The van der Waals surface area contributed by atoms with E-state index in [0.29, 0.717) is 21.3 Å². The summed E-state index contributed by atoms with van der Waals surface area (Å²) < 4.78 is 15.5. The van der Waals surface area contributed by atoms with Crippen molar-refractivity contribution in [3.05, 3.63) is 161 Å². The Kier molecular flexibility index (Phi) is 10.0. The molecule has 10 heteroatoms. The van der Waals surface area contributed by atoms with Crippen LogP contribution in [0.2, 0.25) is 0 Å². The first-order chi connectivity index (χ1) is 23.3. The van der Waals surface area contributed by atoms with Crippen molar-refractivity contribution in [1.82, 2.24) is 10.3 Å². The van der Waals surface area contributed by atoms with Crippen LogP contribution >= 0.6 is 23.1 Å². The monoisotopic (exact) mass is 672 g/mol. The number of benzene rings is 5. The number of fused-ring (bicyclic) bond motifs is 1. The first-order valence-corrected chi connectivity index (χ1v) is 16.7. The molecule has 0 spiro atoms. The summed E-state index contributed by atoms with van der Waals surface area (Å²) in [5.74, 6) is -1.94. The summed E-state index contributed by atoms with van der Waals surface area (Å²) in [6.07, 6.45) is 1.29. The third-order valence-corrected chi connectivity index (χ3v) is 9.38. The second-order valence-electron chi connectivity index (χ2n) is 10.8. The molecule has 48 heavy (non-hydrogen) atoms. The predicted molar refractivity (Wildman–Crippen MR) is 191 cm³/mol. The Morgan fingerprint density at radius 1 is 0.812 bits per heavy atom. The van der Waals surface area contributed by atoms with Crippen molar-refractivity contribution in [2.75, 3.05) is 10.6 Å². The zero-order valence-corrected chi connectivity index (χ0v) is 27.3. The van der Waals surface area contributed by atoms with Gasteiger partial charge in [-0.15, -0.1) is 11.8 Å². The van der Waals surface area contributed by atoms with Crippen molar-refractivity contribution in [3.8, 4) is 0 Å². The topological polar surface area (TPSA) is 100 Å². The molecule has 0 aliphatic heterocycles. The maximum absolute atomic E-state index is 14.6. The van der Waals surface area contributed by atoms with Crippen LogP contribution in [0.1, 0.15) is 32.3 Å². The number of hydrogen-bond donors (Lipinski definition) is 3. The Morgan fingerprint density at radius 2 is 1.54 bits per heavy atom. The van der Waals surface area contributed by atoms with E-state index in [1.807, 2.05) is 61.5 Å². The van der Waals surface area contributed by atoms with Gasteiger partial charge in [-0.2, -0.15) is 0 Å². The summed E-state index contributed by atoms with van der Waals surface area (Å²) >= 11 is 2.74. The van der Waals surface area contributed by atoms with E-state index in [4.69, 9.17) is 0 Å². The molecule has 6 aromatic rings. The van der Waals surface area contributed by atoms with E-state index in [1.54, 1.807) is 60.7 Å². The molecule has 1 aromatic heterocycles. The highest BCUT2D eigenvalue weighted by Gasteiger charge is 2.24. The quantitative estimate of drug-likeness (QED) is 0.1000. The summed E-state index contributed by atoms with van der Waals surface area (Å²) in [6, 6.07) is 36.8. The Labute approximate surface area is 284 Å². The number of rotatable bonds is 10. The predicted octanol–water partition coefficient (Wildman–Crippen LogP) is 8.63.